The third kappa shape index (κ3) is 2.83. The highest BCUT2D eigenvalue weighted by molar-refractivity contribution is 5.95. The van der Waals surface area contributed by atoms with E-state index in [9.17, 15) is 0 Å². The Labute approximate surface area is 134 Å². The number of aromatic nitrogens is 2. The van der Waals surface area contributed by atoms with Crippen molar-refractivity contribution in [2.75, 3.05) is 19.5 Å². The van der Waals surface area contributed by atoms with E-state index < -0.39 is 0 Å². The molecule has 118 valence electrons. The summed E-state index contributed by atoms with van der Waals surface area (Å²) in [6.07, 6.45) is 0.611. The lowest BCUT2D eigenvalue weighted by Gasteiger charge is -2.12. The summed E-state index contributed by atoms with van der Waals surface area (Å²) in [4.78, 5) is 0. The molecule has 0 aliphatic carbocycles. The molecule has 0 bridgehead atoms. The summed E-state index contributed by atoms with van der Waals surface area (Å²) < 4.78 is 5.52. The minimum absolute atomic E-state index is 0.121. The van der Waals surface area contributed by atoms with Gasteiger partial charge in [0, 0.05) is 22.9 Å². The molecule has 0 amide bonds. The lowest BCUT2D eigenvalue weighted by atomic mass is 9.98. The molecule has 0 radical (unpaired) electrons. The second kappa shape index (κ2) is 6.22. The molecule has 2 aromatic carbocycles. The number of nitrogens with zero attached hydrogens (tertiary/aromatic N) is 2. The van der Waals surface area contributed by atoms with E-state index >= 15 is 0 Å². The van der Waals surface area contributed by atoms with Gasteiger partial charge in [-0.05, 0) is 42.7 Å². The summed E-state index contributed by atoms with van der Waals surface area (Å²) in [5.74, 6) is 1.21. The molecule has 0 aliphatic rings. The Morgan fingerprint density at radius 1 is 1.09 bits per heavy atom. The Hall–Kier alpha value is -2.66. The number of fused-ring (bicyclic) bond motifs is 1. The molecule has 0 aliphatic heterocycles. The van der Waals surface area contributed by atoms with Crippen LogP contribution < -0.4 is 10.5 Å². The number of benzene rings is 2. The summed E-state index contributed by atoms with van der Waals surface area (Å²) >= 11 is 0. The Kier molecular flexibility index (Phi) is 4.12. The fraction of sp³-hybridized carbons (Fsp3) is 0.222. The van der Waals surface area contributed by atoms with Crippen LogP contribution in [-0.2, 0) is 6.42 Å². The predicted molar refractivity (Wildman–Crippen MR) is 91.5 cm³/mol. The van der Waals surface area contributed by atoms with E-state index in [0.29, 0.717) is 12.2 Å². The van der Waals surface area contributed by atoms with E-state index in [1.807, 2.05) is 37.3 Å². The van der Waals surface area contributed by atoms with Gasteiger partial charge in [-0.2, -0.15) is 5.10 Å². The highest BCUT2D eigenvalue weighted by Crippen LogP contribution is 2.34. The number of hydrogen-bond donors (Lipinski definition) is 2. The number of methoxy groups -OCH3 is 1. The Morgan fingerprint density at radius 3 is 2.65 bits per heavy atom. The maximum absolute atomic E-state index is 9.08. The van der Waals surface area contributed by atoms with Gasteiger partial charge in [-0.1, -0.05) is 18.2 Å². The molecule has 3 N–H and O–H groups in total. The molecule has 5 heteroatoms. The second-order valence-electron chi connectivity index (χ2n) is 5.44. The standard InChI is InChI=1S/C18H19N3O2/c1-11-16-10-13(4-6-15(16)18(19)21-20-11)14-5-3-12(7-8-22)9-17(14)23-2/h3-6,9-10,22H,7-8H2,1-2H3,(H2,19,21). The molecule has 1 heterocycles. The van der Waals surface area contributed by atoms with Crippen LogP contribution in [0.5, 0.6) is 5.75 Å². The van der Waals surface area contributed by atoms with Crippen LogP contribution in [0.3, 0.4) is 0 Å². The molecule has 5 nitrogen and oxygen atoms in total. The van der Waals surface area contributed by atoms with Crippen molar-refractivity contribution in [2.24, 2.45) is 0 Å². The maximum atomic E-state index is 9.08. The number of rotatable bonds is 4. The first kappa shape index (κ1) is 15.2. The summed E-state index contributed by atoms with van der Waals surface area (Å²) in [7, 11) is 1.65. The first-order valence-corrected chi connectivity index (χ1v) is 7.44. The fourth-order valence-electron chi connectivity index (χ4n) is 2.73. The summed E-state index contributed by atoms with van der Waals surface area (Å²) in [5.41, 5.74) is 9.80. The molecule has 0 fully saturated rings. The van der Waals surface area contributed by atoms with Gasteiger partial charge in [0.25, 0.3) is 0 Å². The van der Waals surface area contributed by atoms with Crippen molar-refractivity contribution in [2.45, 2.75) is 13.3 Å². The Morgan fingerprint density at radius 2 is 1.91 bits per heavy atom. The van der Waals surface area contributed by atoms with Gasteiger partial charge in [0.1, 0.15) is 5.75 Å². The van der Waals surface area contributed by atoms with Gasteiger partial charge in [-0.3, -0.25) is 0 Å². The first-order valence-electron chi connectivity index (χ1n) is 7.44. The van der Waals surface area contributed by atoms with Gasteiger partial charge in [0.15, 0.2) is 5.82 Å². The Balaban J connectivity index is 2.15. The molecule has 0 saturated heterocycles. The van der Waals surface area contributed by atoms with Crippen molar-refractivity contribution < 1.29 is 9.84 Å². The molecule has 1 aromatic heterocycles. The number of aliphatic hydroxyl groups excluding tert-OH is 1. The number of nitrogen functional groups attached to an aromatic ring is 1. The van der Waals surface area contributed by atoms with Gasteiger partial charge in [-0.25, -0.2) is 0 Å². The minimum atomic E-state index is 0.121. The molecule has 0 atom stereocenters. The zero-order valence-electron chi connectivity index (χ0n) is 13.2. The van der Waals surface area contributed by atoms with Crippen molar-refractivity contribution in [1.82, 2.24) is 10.2 Å². The lowest BCUT2D eigenvalue weighted by molar-refractivity contribution is 0.299. The van der Waals surface area contributed by atoms with Crippen LogP contribution in [0.1, 0.15) is 11.3 Å². The molecule has 0 unspecified atom stereocenters. The largest absolute Gasteiger partial charge is 0.496 e. The van der Waals surface area contributed by atoms with Crippen molar-refractivity contribution in [1.29, 1.82) is 0 Å². The monoisotopic (exact) mass is 309 g/mol. The molecule has 23 heavy (non-hydrogen) atoms. The maximum Gasteiger partial charge on any atom is 0.153 e. The number of anilines is 1. The van der Waals surface area contributed by atoms with E-state index in [1.165, 1.54) is 0 Å². The van der Waals surface area contributed by atoms with Crippen LogP contribution in [-0.4, -0.2) is 29.0 Å². The molecule has 3 aromatic rings. The SMILES string of the molecule is COc1cc(CCO)ccc1-c1ccc2c(N)nnc(C)c2c1. The van der Waals surface area contributed by atoms with Crippen LogP contribution in [0.2, 0.25) is 0 Å². The molecular weight excluding hydrogens is 290 g/mol. The first-order chi connectivity index (χ1) is 11.1. The summed E-state index contributed by atoms with van der Waals surface area (Å²) in [5, 5.41) is 19.0. The van der Waals surface area contributed by atoms with Crippen molar-refractivity contribution in [3.05, 3.63) is 47.7 Å². The molecule has 0 spiro atoms. The lowest BCUT2D eigenvalue weighted by Crippen LogP contribution is -1.98. The van der Waals surface area contributed by atoms with Crippen molar-refractivity contribution >= 4 is 16.6 Å². The van der Waals surface area contributed by atoms with Gasteiger partial charge < -0.3 is 15.6 Å². The van der Waals surface area contributed by atoms with Gasteiger partial charge in [0.05, 0.1) is 12.8 Å². The van der Waals surface area contributed by atoms with E-state index in [4.69, 9.17) is 15.6 Å². The highest BCUT2D eigenvalue weighted by atomic mass is 16.5. The summed E-state index contributed by atoms with van der Waals surface area (Å²) in [6, 6.07) is 12.0. The quantitative estimate of drug-likeness (QED) is 0.774. The third-order valence-corrected chi connectivity index (χ3v) is 3.97. The predicted octanol–water partition coefficient (Wildman–Crippen LogP) is 2.73. The van der Waals surface area contributed by atoms with E-state index in [2.05, 4.69) is 16.3 Å². The number of aryl methyl sites for hydroxylation is 1. The van der Waals surface area contributed by atoms with Crippen molar-refractivity contribution in [3.63, 3.8) is 0 Å². The van der Waals surface area contributed by atoms with Crippen LogP contribution in [0.15, 0.2) is 36.4 Å². The molecule has 3 rings (SSSR count). The topological polar surface area (TPSA) is 81.3 Å². The smallest absolute Gasteiger partial charge is 0.153 e. The number of ether oxygens (including phenoxy) is 1. The highest BCUT2D eigenvalue weighted by Gasteiger charge is 2.10. The summed E-state index contributed by atoms with van der Waals surface area (Å²) in [6.45, 7) is 2.04. The van der Waals surface area contributed by atoms with E-state index in [-0.39, 0.29) is 6.61 Å². The average Bonchev–Trinajstić information content (AvgIpc) is 2.58. The van der Waals surface area contributed by atoms with Crippen LogP contribution >= 0.6 is 0 Å². The Bertz CT molecular complexity index is 862. The number of hydrogen-bond acceptors (Lipinski definition) is 5. The van der Waals surface area contributed by atoms with Crippen molar-refractivity contribution in [3.8, 4) is 16.9 Å². The fourth-order valence-corrected chi connectivity index (χ4v) is 2.73. The zero-order valence-corrected chi connectivity index (χ0v) is 13.2. The van der Waals surface area contributed by atoms with Crippen LogP contribution in [0, 0.1) is 6.92 Å². The van der Waals surface area contributed by atoms with Gasteiger partial charge in [-0.15, -0.1) is 5.10 Å². The average molecular weight is 309 g/mol. The van der Waals surface area contributed by atoms with E-state index in [1.54, 1.807) is 7.11 Å². The van der Waals surface area contributed by atoms with Crippen LogP contribution in [0.4, 0.5) is 5.82 Å². The molecular formula is C18H19N3O2. The third-order valence-electron chi connectivity index (χ3n) is 3.97. The van der Waals surface area contributed by atoms with Crippen LogP contribution in [0.25, 0.3) is 21.9 Å². The number of aliphatic hydroxyl groups is 1. The minimum Gasteiger partial charge on any atom is -0.496 e. The second-order valence-corrected chi connectivity index (χ2v) is 5.44. The van der Waals surface area contributed by atoms with Gasteiger partial charge >= 0.3 is 0 Å². The molecule has 0 saturated carbocycles. The van der Waals surface area contributed by atoms with Gasteiger partial charge in [0.2, 0.25) is 0 Å². The zero-order chi connectivity index (χ0) is 16.4. The number of nitrogens with two attached hydrogens (primary N) is 1. The normalized spacial score (nSPS) is 10.9. The van der Waals surface area contributed by atoms with E-state index in [0.717, 1.165) is 38.9 Å².